The van der Waals surface area contributed by atoms with Crippen LogP contribution in [0, 0.1) is 0 Å². The van der Waals surface area contributed by atoms with Crippen LogP contribution in [0.25, 0.3) is 0 Å². The minimum Gasteiger partial charge on any atom is -0.310 e. The van der Waals surface area contributed by atoms with Gasteiger partial charge in [-0.1, -0.05) is 33.6 Å². The minimum absolute atomic E-state index is 0.452. The fourth-order valence-electron chi connectivity index (χ4n) is 1.38. The van der Waals surface area contributed by atoms with E-state index in [1.807, 2.05) is 18.2 Å². The maximum Gasteiger partial charge on any atom is 0.0465 e. The molecule has 1 aliphatic rings. The molecule has 1 aromatic carbocycles. The van der Waals surface area contributed by atoms with Gasteiger partial charge in [0.1, 0.15) is 0 Å². The van der Waals surface area contributed by atoms with Crippen LogP contribution in [0.3, 0.4) is 0 Å². The molecule has 0 spiro atoms. The van der Waals surface area contributed by atoms with Gasteiger partial charge in [-0.15, -0.1) is 0 Å². The van der Waals surface area contributed by atoms with Crippen molar-refractivity contribution in [3.05, 3.63) is 33.3 Å². The number of nitrogens with one attached hydrogen (secondary N) is 1. The number of rotatable bonds is 1. The molecule has 3 heteroatoms. The topological polar surface area (TPSA) is 12.0 Å². The molecule has 1 heterocycles. The first-order valence-electron chi connectivity index (χ1n) is 3.96. The van der Waals surface area contributed by atoms with Crippen molar-refractivity contribution in [3.63, 3.8) is 0 Å². The van der Waals surface area contributed by atoms with Crippen molar-refractivity contribution in [2.24, 2.45) is 0 Å². The van der Waals surface area contributed by atoms with Gasteiger partial charge in [0.05, 0.1) is 0 Å². The highest BCUT2D eigenvalue weighted by Crippen LogP contribution is 2.34. The fraction of sp³-hybridized carbons (Fsp3) is 0.333. The van der Waals surface area contributed by atoms with Gasteiger partial charge in [-0.25, -0.2) is 0 Å². The van der Waals surface area contributed by atoms with Crippen molar-refractivity contribution in [2.75, 3.05) is 6.54 Å². The Kier molecular flexibility index (Phi) is 2.40. The average Bonchev–Trinajstić information content (AvgIpc) is 1.93. The highest BCUT2D eigenvalue weighted by atomic mass is 79.9. The lowest BCUT2D eigenvalue weighted by Crippen LogP contribution is -2.35. The van der Waals surface area contributed by atoms with Gasteiger partial charge in [0.25, 0.3) is 0 Å². The largest absolute Gasteiger partial charge is 0.310 e. The van der Waals surface area contributed by atoms with Gasteiger partial charge in [0, 0.05) is 21.1 Å². The molecule has 1 saturated heterocycles. The molecule has 0 radical (unpaired) electrons. The van der Waals surface area contributed by atoms with Gasteiger partial charge in [-0.3, -0.25) is 0 Å². The Labute approximate surface area is 85.2 Å². The summed E-state index contributed by atoms with van der Waals surface area (Å²) in [5, 5.41) is 4.18. The van der Waals surface area contributed by atoms with E-state index >= 15 is 0 Å². The van der Waals surface area contributed by atoms with Gasteiger partial charge >= 0.3 is 0 Å². The van der Waals surface area contributed by atoms with Gasteiger partial charge < -0.3 is 5.32 Å². The molecule has 0 aromatic heterocycles. The lowest BCUT2D eigenvalue weighted by molar-refractivity contribution is 0.382. The number of halogens is 2. The Bertz CT molecular complexity index is 276. The molecule has 64 valence electrons. The summed E-state index contributed by atoms with van der Waals surface area (Å²) in [5.41, 5.74) is 1.20. The summed E-state index contributed by atoms with van der Waals surface area (Å²) in [6.45, 7) is 1.10. The smallest absolute Gasteiger partial charge is 0.0465 e. The summed E-state index contributed by atoms with van der Waals surface area (Å²) < 4.78 is 1.10. The van der Waals surface area contributed by atoms with Crippen LogP contribution in [0.2, 0.25) is 5.02 Å². The average molecular weight is 247 g/mol. The van der Waals surface area contributed by atoms with Crippen molar-refractivity contribution < 1.29 is 0 Å². The second-order valence-corrected chi connectivity index (χ2v) is 4.19. The summed E-state index contributed by atoms with van der Waals surface area (Å²) in [5.74, 6) is 0. The third-order valence-electron chi connectivity index (χ3n) is 2.17. The van der Waals surface area contributed by atoms with Gasteiger partial charge in [0.2, 0.25) is 0 Å². The van der Waals surface area contributed by atoms with Crippen molar-refractivity contribution >= 4 is 27.5 Å². The van der Waals surface area contributed by atoms with Crippen LogP contribution in [-0.2, 0) is 0 Å². The van der Waals surface area contributed by atoms with E-state index in [1.54, 1.807) is 0 Å². The molecule has 1 N–H and O–H groups in total. The highest BCUT2D eigenvalue weighted by Gasteiger charge is 2.22. The zero-order valence-corrected chi connectivity index (χ0v) is 8.82. The van der Waals surface area contributed by atoms with E-state index in [0.29, 0.717) is 6.04 Å². The summed E-state index contributed by atoms with van der Waals surface area (Å²) in [7, 11) is 0. The third kappa shape index (κ3) is 1.39. The molecule has 0 bridgehead atoms. The van der Waals surface area contributed by atoms with Crippen LogP contribution in [0.1, 0.15) is 18.0 Å². The molecule has 0 saturated carbocycles. The molecule has 2 rings (SSSR count). The SMILES string of the molecule is Clc1cccc(Br)c1C1CCN1. The summed E-state index contributed by atoms with van der Waals surface area (Å²) >= 11 is 9.56. The first-order chi connectivity index (χ1) is 5.79. The molecule has 1 fully saturated rings. The number of hydrogen-bond donors (Lipinski definition) is 1. The van der Waals surface area contributed by atoms with Crippen LogP contribution in [0.5, 0.6) is 0 Å². The summed E-state index contributed by atoms with van der Waals surface area (Å²) in [6, 6.07) is 6.37. The fourth-order valence-corrected chi connectivity index (χ4v) is 2.44. The molecule has 1 unspecified atom stereocenters. The minimum atomic E-state index is 0.452. The van der Waals surface area contributed by atoms with Crippen LogP contribution in [0.15, 0.2) is 22.7 Å². The molecule has 1 nitrogen and oxygen atoms in total. The number of hydrogen-bond acceptors (Lipinski definition) is 1. The third-order valence-corrected chi connectivity index (χ3v) is 3.19. The summed E-state index contributed by atoms with van der Waals surface area (Å²) in [6.07, 6.45) is 1.18. The molecule has 0 aliphatic carbocycles. The van der Waals surface area contributed by atoms with E-state index in [-0.39, 0.29) is 0 Å². The highest BCUT2D eigenvalue weighted by molar-refractivity contribution is 9.10. The Hall–Kier alpha value is -0.0500. The monoisotopic (exact) mass is 245 g/mol. The van der Waals surface area contributed by atoms with Crippen molar-refractivity contribution in [1.29, 1.82) is 0 Å². The second kappa shape index (κ2) is 3.36. The lowest BCUT2D eigenvalue weighted by atomic mass is 9.98. The Morgan fingerprint density at radius 1 is 1.50 bits per heavy atom. The molecule has 12 heavy (non-hydrogen) atoms. The Morgan fingerprint density at radius 3 is 2.75 bits per heavy atom. The van der Waals surface area contributed by atoms with Crippen molar-refractivity contribution in [1.82, 2.24) is 5.32 Å². The Balaban J connectivity index is 2.39. The first-order valence-corrected chi connectivity index (χ1v) is 5.13. The lowest BCUT2D eigenvalue weighted by Gasteiger charge is -2.29. The molecular weight excluding hydrogens is 237 g/mol. The zero-order chi connectivity index (χ0) is 8.55. The maximum absolute atomic E-state index is 6.07. The predicted octanol–water partition coefficient (Wildman–Crippen LogP) is 3.14. The first kappa shape index (κ1) is 8.54. The normalized spacial score (nSPS) is 22.0. The van der Waals surface area contributed by atoms with Crippen LogP contribution in [0.4, 0.5) is 0 Å². The Morgan fingerprint density at radius 2 is 2.25 bits per heavy atom. The van der Waals surface area contributed by atoms with Gasteiger partial charge in [-0.05, 0) is 25.1 Å². The number of benzene rings is 1. The molecule has 1 atom stereocenters. The predicted molar refractivity (Wildman–Crippen MR) is 54.5 cm³/mol. The second-order valence-electron chi connectivity index (χ2n) is 2.93. The molecule has 1 aliphatic heterocycles. The van der Waals surface area contributed by atoms with Gasteiger partial charge in [-0.2, -0.15) is 0 Å². The van der Waals surface area contributed by atoms with E-state index in [9.17, 15) is 0 Å². The van der Waals surface area contributed by atoms with E-state index < -0.39 is 0 Å². The van der Waals surface area contributed by atoms with E-state index in [4.69, 9.17) is 11.6 Å². The van der Waals surface area contributed by atoms with Crippen molar-refractivity contribution in [2.45, 2.75) is 12.5 Å². The van der Waals surface area contributed by atoms with E-state index in [1.165, 1.54) is 12.0 Å². The maximum atomic E-state index is 6.07. The van der Waals surface area contributed by atoms with Crippen LogP contribution in [-0.4, -0.2) is 6.54 Å². The van der Waals surface area contributed by atoms with Crippen molar-refractivity contribution in [3.8, 4) is 0 Å². The zero-order valence-electron chi connectivity index (χ0n) is 6.48. The van der Waals surface area contributed by atoms with Gasteiger partial charge in [0.15, 0.2) is 0 Å². The van der Waals surface area contributed by atoms with Crippen LogP contribution >= 0.6 is 27.5 Å². The standard InChI is InChI=1S/C9H9BrClN/c10-6-2-1-3-7(11)9(6)8-4-5-12-8/h1-3,8,12H,4-5H2. The molecular formula is C9H9BrClN. The molecule has 0 amide bonds. The molecule has 1 aromatic rings. The summed E-state index contributed by atoms with van der Waals surface area (Å²) in [4.78, 5) is 0. The quantitative estimate of drug-likeness (QED) is 0.803. The van der Waals surface area contributed by atoms with E-state index in [2.05, 4.69) is 21.2 Å². The van der Waals surface area contributed by atoms with Crippen LogP contribution < -0.4 is 5.32 Å². The van der Waals surface area contributed by atoms with E-state index in [0.717, 1.165) is 16.0 Å².